The Kier molecular flexibility index (Phi) is 5.52. The van der Waals surface area contributed by atoms with Gasteiger partial charge in [0.25, 0.3) is 5.91 Å². The van der Waals surface area contributed by atoms with Crippen molar-refractivity contribution in [3.05, 3.63) is 70.5 Å². The van der Waals surface area contributed by atoms with Gasteiger partial charge in [0.05, 0.1) is 34.4 Å². The van der Waals surface area contributed by atoms with Crippen LogP contribution in [0.3, 0.4) is 0 Å². The van der Waals surface area contributed by atoms with E-state index in [0.717, 1.165) is 17.6 Å². The van der Waals surface area contributed by atoms with Crippen LogP contribution in [0.25, 0.3) is 22.4 Å². The van der Waals surface area contributed by atoms with Gasteiger partial charge in [0, 0.05) is 17.3 Å². The smallest absolute Gasteiger partial charge is 0.433 e. The van der Waals surface area contributed by atoms with Crippen LogP contribution >= 0.6 is 11.6 Å². The Morgan fingerprint density at radius 1 is 1.09 bits per heavy atom. The zero-order chi connectivity index (χ0) is 23.0. The molecular weight excluding hydrogens is 445 g/mol. The summed E-state index contributed by atoms with van der Waals surface area (Å²) < 4.78 is 43.7. The van der Waals surface area contributed by atoms with Crippen molar-refractivity contribution >= 4 is 34.2 Å². The lowest BCUT2D eigenvalue weighted by atomic mass is 10.1. The highest BCUT2D eigenvalue weighted by Gasteiger charge is 2.33. The zero-order valence-corrected chi connectivity index (χ0v) is 17.6. The topological polar surface area (TPSA) is 79.9 Å². The fourth-order valence-electron chi connectivity index (χ4n) is 3.19. The van der Waals surface area contributed by atoms with Crippen LogP contribution in [-0.2, 0) is 6.18 Å². The maximum Gasteiger partial charge on any atom is 0.433 e. The van der Waals surface area contributed by atoms with Crippen molar-refractivity contribution in [3.8, 4) is 17.1 Å². The molecule has 2 aromatic carbocycles. The maximum atomic E-state index is 12.8. The van der Waals surface area contributed by atoms with Gasteiger partial charge in [0.1, 0.15) is 17.3 Å². The molecule has 6 nitrogen and oxygen atoms in total. The van der Waals surface area contributed by atoms with Gasteiger partial charge in [-0.05, 0) is 49.4 Å². The Hall–Kier alpha value is -3.59. The number of hydrogen-bond acceptors (Lipinski definition) is 4. The number of aryl methyl sites for hydroxylation is 1. The summed E-state index contributed by atoms with van der Waals surface area (Å²) in [4.78, 5) is 23.8. The number of aromatic nitrogens is 3. The van der Waals surface area contributed by atoms with Gasteiger partial charge in [-0.2, -0.15) is 13.2 Å². The first-order valence-electron chi connectivity index (χ1n) is 9.35. The van der Waals surface area contributed by atoms with Crippen LogP contribution in [0, 0.1) is 6.92 Å². The monoisotopic (exact) mass is 460 g/mol. The minimum absolute atomic E-state index is 0.0299. The van der Waals surface area contributed by atoms with Gasteiger partial charge in [-0.3, -0.25) is 4.79 Å². The summed E-state index contributed by atoms with van der Waals surface area (Å²) in [7, 11) is 1.56. The summed E-state index contributed by atoms with van der Waals surface area (Å²) >= 11 is 6.34. The van der Waals surface area contributed by atoms with E-state index in [1.54, 1.807) is 43.5 Å². The number of fused-ring (bicyclic) bond motifs is 1. The van der Waals surface area contributed by atoms with Crippen LogP contribution < -0.4 is 10.1 Å². The number of carbonyl (C=O) groups excluding carboxylic acids is 1. The molecule has 0 atom stereocenters. The number of imidazole rings is 1. The molecule has 0 saturated carbocycles. The molecule has 2 heterocycles. The lowest BCUT2D eigenvalue weighted by Crippen LogP contribution is -2.16. The number of anilines is 1. The predicted molar refractivity (Wildman–Crippen MR) is 115 cm³/mol. The summed E-state index contributed by atoms with van der Waals surface area (Å²) in [5, 5.41) is 3.07. The van der Waals surface area contributed by atoms with Crippen LogP contribution in [0.1, 0.15) is 21.7 Å². The molecule has 0 spiro atoms. The average molecular weight is 461 g/mol. The van der Waals surface area contributed by atoms with E-state index in [9.17, 15) is 18.0 Å². The number of alkyl halides is 3. The highest BCUT2D eigenvalue weighted by molar-refractivity contribution is 6.33. The predicted octanol–water partition coefficient (Wildman–Crippen LogP) is 5.87. The van der Waals surface area contributed by atoms with Crippen molar-refractivity contribution in [1.82, 2.24) is 15.0 Å². The molecule has 1 amide bonds. The number of nitrogens with zero attached hydrogens (tertiary/aromatic N) is 2. The number of ether oxygens (including phenoxy) is 1. The standard InChI is InChI=1S/C22H16ClF3N4O2/c1-11-14(5-8-19(27-11)22(24,25)26)21(31)28-12-3-6-16(23)15(9-12)20-29-17-7-4-13(32-2)10-18(17)30-20/h3-10H,1-2H3,(H,28,31)(H,29,30). The minimum atomic E-state index is -4.58. The molecule has 0 unspecified atom stereocenters. The highest BCUT2D eigenvalue weighted by atomic mass is 35.5. The van der Waals surface area contributed by atoms with E-state index in [1.165, 1.54) is 6.92 Å². The number of nitrogens with one attached hydrogen (secondary N) is 2. The van der Waals surface area contributed by atoms with Gasteiger partial charge in [-0.15, -0.1) is 0 Å². The van der Waals surface area contributed by atoms with Gasteiger partial charge in [-0.25, -0.2) is 9.97 Å². The van der Waals surface area contributed by atoms with E-state index in [0.29, 0.717) is 33.4 Å². The zero-order valence-electron chi connectivity index (χ0n) is 16.8. The number of benzene rings is 2. The molecule has 0 radical (unpaired) electrons. The van der Waals surface area contributed by atoms with Crippen LogP contribution in [0.2, 0.25) is 5.02 Å². The number of carbonyl (C=O) groups is 1. The first-order valence-corrected chi connectivity index (χ1v) is 9.73. The molecule has 0 aliphatic carbocycles. The Morgan fingerprint density at radius 2 is 1.88 bits per heavy atom. The van der Waals surface area contributed by atoms with E-state index < -0.39 is 17.8 Å². The van der Waals surface area contributed by atoms with Gasteiger partial charge in [0.15, 0.2) is 0 Å². The summed E-state index contributed by atoms with van der Waals surface area (Å²) in [5.41, 5.74) is 1.34. The Morgan fingerprint density at radius 3 is 2.56 bits per heavy atom. The number of halogens is 4. The summed E-state index contributed by atoms with van der Waals surface area (Å²) in [5.74, 6) is 0.563. The number of methoxy groups -OCH3 is 1. The second-order valence-electron chi connectivity index (χ2n) is 6.94. The molecule has 164 valence electrons. The molecule has 2 N–H and O–H groups in total. The molecule has 10 heteroatoms. The molecule has 4 aromatic rings. The number of H-pyrrole nitrogens is 1. The molecule has 4 rings (SSSR count). The third-order valence-electron chi connectivity index (χ3n) is 4.79. The molecule has 32 heavy (non-hydrogen) atoms. The summed E-state index contributed by atoms with van der Waals surface area (Å²) in [6.45, 7) is 1.35. The average Bonchev–Trinajstić information content (AvgIpc) is 3.17. The SMILES string of the molecule is COc1ccc2nc(-c3cc(NC(=O)c4ccc(C(F)(F)F)nc4C)ccc3Cl)[nH]c2c1. The Bertz CT molecular complexity index is 1330. The number of pyridine rings is 1. The fraction of sp³-hybridized carbons (Fsp3) is 0.136. The lowest BCUT2D eigenvalue weighted by Gasteiger charge is -2.11. The van der Waals surface area contributed by atoms with E-state index in [4.69, 9.17) is 16.3 Å². The minimum Gasteiger partial charge on any atom is -0.497 e. The molecule has 0 bridgehead atoms. The first kappa shape index (κ1) is 21.6. The van der Waals surface area contributed by atoms with Crippen molar-refractivity contribution in [2.75, 3.05) is 12.4 Å². The van der Waals surface area contributed by atoms with Crippen LogP contribution in [0.4, 0.5) is 18.9 Å². The molecule has 0 aliphatic rings. The van der Waals surface area contributed by atoms with Crippen molar-refractivity contribution in [3.63, 3.8) is 0 Å². The third-order valence-corrected chi connectivity index (χ3v) is 5.12. The van der Waals surface area contributed by atoms with Crippen molar-refractivity contribution < 1.29 is 22.7 Å². The van der Waals surface area contributed by atoms with Crippen molar-refractivity contribution in [1.29, 1.82) is 0 Å². The van der Waals surface area contributed by atoms with E-state index in [1.807, 2.05) is 0 Å². The Labute approximate surface area is 185 Å². The van der Waals surface area contributed by atoms with Gasteiger partial charge in [-0.1, -0.05) is 11.6 Å². The summed E-state index contributed by atoms with van der Waals surface area (Å²) in [6.07, 6.45) is -4.58. The van der Waals surface area contributed by atoms with Gasteiger partial charge >= 0.3 is 6.18 Å². The lowest BCUT2D eigenvalue weighted by molar-refractivity contribution is -0.141. The quantitative estimate of drug-likeness (QED) is 0.399. The van der Waals surface area contributed by atoms with Gasteiger partial charge < -0.3 is 15.0 Å². The molecule has 0 saturated heterocycles. The number of amides is 1. The molecule has 0 aliphatic heterocycles. The summed E-state index contributed by atoms with van der Waals surface area (Å²) in [6, 6.07) is 12.1. The van der Waals surface area contributed by atoms with E-state index in [-0.39, 0.29) is 11.3 Å². The largest absolute Gasteiger partial charge is 0.497 e. The molecule has 0 fully saturated rings. The third kappa shape index (κ3) is 4.24. The van der Waals surface area contributed by atoms with Crippen LogP contribution in [-0.4, -0.2) is 28.0 Å². The Balaban J connectivity index is 1.63. The maximum absolute atomic E-state index is 12.8. The highest BCUT2D eigenvalue weighted by Crippen LogP contribution is 2.32. The molecular formula is C22H16ClF3N4O2. The van der Waals surface area contributed by atoms with Crippen molar-refractivity contribution in [2.45, 2.75) is 13.1 Å². The van der Waals surface area contributed by atoms with Gasteiger partial charge in [0.2, 0.25) is 0 Å². The normalized spacial score (nSPS) is 11.6. The van der Waals surface area contributed by atoms with E-state index >= 15 is 0 Å². The van der Waals surface area contributed by atoms with Crippen LogP contribution in [0.15, 0.2) is 48.5 Å². The van der Waals surface area contributed by atoms with E-state index in [2.05, 4.69) is 20.3 Å². The van der Waals surface area contributed by atoms with Crippen molar-refractivity contribution in [2.24, 2.45) is 0 Å². The number of aromatic amines is 1. The number of rotatable bonds is 4. The fourth-order valence-corrected chi connectivity index (χ4v) is 3.39. The first-order chi connectivity index (χ1) is 15.2. The molecule has 2 aromatic heterocycles. The second kappa shape index (κ2) is 8.16. The second-order valence-corrected chi connectivity index (χ2v) is 7.35. The van der Waals surface area contributed by atoms with Crippen LogP contribution in [0.5, 0.6) is 5.75 Å². The number of hydrogen-bond donors (Lipinski definition) is 2.